The Morgan fingerprint density at radius 3 is 2.61 bits per heavy atom. The maximum absolute atomic E-state index is 13.1. The van der Waals surface area contributed by atoms with Crippen LogP contribution in [0.15, 0.2) is 29.7 Å². The summed E-state index contributed by atoms with van der Waals surface area (Å²) in [4.78, 5) is 55.4. The molecule has 1 saturated carbocycles. The lowest BCUT2D eigenvalue weighted by molar-refractivity contribution is -0.118. The summed E-state index contributed by atoms with van der Waals surface area (Å²) in [5.41, 5.74) is -1.12. The summed E-state index contributed by atoms with van der Waals surface area (Å²) in [6, 6.07) is 3.64. The van der Waals surface area contributed by atoms with Crippen molar-refractivity contribution in [1.82, 2.24) is 29.5 Å². The number of ether oxygens (including phenoxy) is 1. The van der Waals surface area contributed by atoms with Gasteiger partial charge >= 0.3 is 14.7 Å². The summed E-state index contributed by atoms with van der Waals surface area (Å²) >= 11 is 6.01. The minimum absolute atomic E-state index is 0.00627. The van der Waals surface area contributed by atoms with Crippen molar-refractivity contribution in [2.75, 3.05) is 30.5 Å². The van der Waals surface area contributed by atoms with Crippen molar-refractivity contribution in [1.29, 1.82) is 5.26 Å². The maximum atomic E-state index is 13.1. The average Bonchev–Trinajstić information content (AvgIpc) is 3.84. The molecule has 23 heteroatoms. The van der Waals surface area contributed by atoms with Gasteiger partial charge in [0.2, 0.25) is 11.9 Å². The first-order valence-corrected chi connectivity index (χ1v) is 25.4. The number of carbonyl (C=O) groups excluding carboxylic acids is 1. The SMILES string of the molecule is CC(C)C(=O)Nc1nc2c(ncn2[C@@H]2O[C@H](CO)C(O[Si](C)(C)C(C)(C)C)[C@H]2OP(=S)(OCCC#N)OCC[C@H]2C[C@@H](Nc3ccncn3)C[C@@H]2[P+](=O)O)c(=O)[nH]1. The van der Waals surface area contributed by atoms with Gasteiger partial charge in [-0.15, -0.1) is 0 Å². The number of aliphatic hydroxyl groups excluding tert-OH is 1. The number of hydrogen-bond acceptors (Lipinski definition) is 16. The van der Waals surface area contributed by atoms with Gasteiger partial charge < -0.3 is 28.6 Å². The van der Waals surface area contributed by atoms with Crippen LogP contribution >= 0.6 is 14.7 Å². The van der Waals surface area contributed by atoms with Crippen molar-refractivity contribution < 1.29 is 42.1 Å². The number of imidazole rings is 1. The van der Waals surface area contributed by atoms with Crippen molar-refractivity contribution in [3.8, 4) is 6.07 Å². The van der Waals surface area contributed by atoms with Crippen LogP contribution < -0.4 is 16.2 Å². The van der Waals surface area contributed by atoms with Crippen LogP contribution in [0.25, 0.3) is 11.2 Å². The summed E-state index contributed by atoms with van der Waals surface area (Å²) < 4.78 is 46.3. The Morgan fingerprint density at radius 2 is 1.98 bits per heavy atom. The zero-order valence-corrected chi connectivity index (χ0v) is 36.6. The molecule has 19 nitrogen and oxygen atoms in total. The molecule has 3 aromatic heterocycles. The molecule has 1 amide bonds. The van der Waals surface area contributed by atoms with Crippen LogP contribution in [0.3, 0.4) is 0 Å². The minimum Gasteiger partial charge on any atom is -0.408 e. The van der Waals surface area contributed by atoms with E-state index in [0.717, 1.165) is 0 Å². The lowest BCUT2D eigenvalue weighted by atomic mass is 10.0. The van der Waals surface area contributed by atoms with Crippen LogP contribution in [0.2, 0.25) is 18.1 Å². The van der Waals surface area contributed by atoms with Crippen LogP contribution in [-0.4, -0.2) is 104 Å². The third-order valence-electron chi connectivity index (χ3n) is 10.5. The van der Waals surface area contributed by atoms with E-state index in [9.17, 15) is 29.4 Å². The molecule has 0 spiro atoms. The monoisotopic (exact) mass is 868 g/mol. The summed E-state index contributed by atoms with van der Waals surface area (Å²) in [6.07, 6.45) is 1.54. The van der Waals surface area contributed by atoms with Gasteiger partial charge in [0.15, 0.2) is 31.4 Å². The summed E-state index contributed by atoms with van der Waals surface area (Å²) in [5.74, 6) is -0.481. The number of nitriles is 1. The van der Waals surface area contributed by atoms with Gasteiger partial charge in [0.25, 0.3) is 5.56 Å². The highest BCUT2D eigenvalue weighted by atomic mass is 32.5. The topological polar surface area (TPSA) is 258 Å². The normalized spacial score (nSPS) is 25.4. The molecule has 4 heterocycles. The molecule has 2 aliphatic rings. The van der Waals surface area contributed by atoms with Gasteiger partial charge in [-0.05, 0) is 53.4 Å². The van der Waals surface area contributed by atoms with Crippen molar-refractivity contribution in [2.45, 2.75) is 115 Å². The fourth-order valence-corrected chi connectivity index (χ4v) is 10.9. The van der Waals surface area contributed by atoms with E-state index in [1.807, 2.05) is 19.2 Å². The summed E-state index contributed by atoms with van der Waals surface area (Å²) in [7, 11) is -5.12. The molecule has 1 aliphatic heterocycles. The molecule has 312 valence electrons. The number of aromatic amines is 1. The third-order valence-corrected chi connectivity index (χ3v) is 18.6. The number of amides is 1. The van der Waals surface area contributed by atoms with E-state index in [4.69, 9.17) is 34.5 Å². The average molecular weight is 869 g/mol. The Kier molecular flexibility index (Phi) is 14.9. The van der Waals surface area contributed by atoms with Crippen LogP contribution in [0.1, 0.15) is 66.5 Å². The van der Waals surface area contributed by atoms with Gasteiger partial charge in [-0.2, -0.15) is 15.1 Å². The van der Waals surface area contributed by atoms with Crippen LogP contribution in [0, 0.1) is 23.2 Å². The van der Waals surface area contributed by atoms with Crippen LogP contribution in [0.4, 0.5) is 11.8 Å². The Hall–Kier alpha value is -3.12. The number of aromatic nitrogens is 6. The van der Waals surface area contributed by atoms with Crippen molar-refractivity contribution in [2.24, 2.45) is 11.8 Å². The van der Waals surface area contributed by atoms with E-state index in [2.05, 4.69) is 56.3 Å². The Labute approximate surface area is 337 Å². The molecule has 0 radical (unpaired) electrons. The van der Waals surface area contributed by atoms with Crippen molar-refractivity contribution in [3.63, 3.8) is 0 Å². The molecule has 0 bridgehead atoms. The first-order chi connectivity index (χ1) is 26.9. The van der Waals surface area contributed by atoms with Gasteiger partial charge in [0.1, 0.15) is 30.5 Å². The van der Waals surface area contributed by atoms with Crippen molar-refractivity contribution >= 4 is 63.7 Å². The Morgan fingerprint density at radius 1 is 1.25 bits per heavy atom. The first kappa shape index (κ1) is 45.0. The number of anilines is 2. The molecule has 0 aromatic carbocycles. The second-order valence-electron chi connectivity index (χ2n) is 15.9. The van der Waals surface area contributed by atoms with E-state index in [1.54, 1.807) is 26.1 Å². The fourth-order valence-electron chi connectivity index (χ4n) is 6.44. The number of H-pyrrole nitrogens is 1. The van der Waals surface area contributed by atoms with E-state index in [0.29, 0.717) is 25.1 Å². The highest BCUT2D eigenvalue weighted by Crippen LogP contribution is 2.56. The highest BCUT2D eigenvalue weighted by molar-refractivity contribution is 8.07. The van der Waals surface area contributed by atoms with Gasteiger partial charge in [0, 0.05) is 30.5 Å². The van der Waals surface area contributed by atoms with E-state index in [1.165, 1.54) is 17.2 Å². The fraction of sp³-hybridized carbons (Fsp3) is 0.676. The number of carbonyl (C=O) groups is 1. The molecule has 1 aliphatic carbocycles. The molecular formula is C34H52N9O10P2SSi+. The predicted octanol–water partition coefficient (Wildman–Crippen LogP) is 4.72. The second-order valence-corrected chi connectivity index (χ2v) is 24.9. The lowest BCUT2D eigenvalue weighted by Crippen LogP contribution is -2.50. The largest absolute Gasteiger partial charge is 0.509 e. The molecule has 9 atom stereocenters. The zero-order chi connectivity index (χ0) is 41.7. The van der Waals surface area contributed by atoms with Crippen LogP contribution in [-0.2, 0) is 43.9 Å². The maximum Gasteiger partial charge on any atom is 0.509 e. The third kappa shape index (κ3) is 10.9. The number of nitrogens with zero attached hydrogens (tertiary/aromatic N) is 6. The summed E-state index contributed by atoms with van der Waals surface area (Å²) in [6.45, 7) is 9.27. The second kappa shape index (κ2) is 18.9. The number of fused-ring (bicyclic) bond motifs is 1. The molecule has 1 saturated heterocycles. The Balaban J connectivity index is 1.47. The number of nitrogens with one attached hydrogen (secondary N) is 3. The van der Waals surface area contributed by atoms with E-state index in [-0.39, 0.29) is 59.7 Å². The van der Waals surface area contributed by atoms with Crippen LogP contribution in [0.5, 0.6) is 0 Å². The minimum atomic E-state index is -3.79. The molecule has 2 fully saturated rings. The van der Waals surface area contributed by atoms with E-state index >= 15 is 0 Å². The van der Waals surface area contributed by atoms with E-state index < -0.39 is 71.3 Å². The van der Waals surface area contributed by atoms with Gasteiger partial charge in [0.05, 0.1) is 38.6 Å². The quantitative estimate of drug-likeness (QED) is 0.0658. The molecular weight excluding hydrogens is 817 g/mol. The smallest absolute Gasteiger partial charge is 0.408 e. The Bertz CT molecular complexity index is 2030. The summed E-state index contributed by atoms with van der Waals surface area (Å²) in [5, 5.41) is 25.7. The van der Waals surface area contributed by atoms with Gasteiger partial charge in [-0.3, -0.25) is 29.0 Å². The molecule has 3 aromatic rings. The molecule has 5 N–H and O–H groups in total. The number of hydrogen-bond donors (Lipinski definition) is 5. The number of aliphatic hydroxyl groups is 1. The first-order valence-electron chi connectivity index (χ1n) is 18.7. The number of rotatable bonds is 18. The molecule has 5 rings (SSSR count). The lowest BCUT2D eigenvalue weighted by Gasteiger charge is -2.41. The zero-order valence-electron chi connectivity index (χ0n) is 33.0. The molecule has 57 heavy (non-hydrogen) atoms. The molecule has 3 unspecified atom stereocenters. The highest BCUT2D eigenvalue weighted by Gasteiger charge is 2.54. The predicted molar refractivity (Wildman–Crippen MR) is 216 cm³/mol. The van der Waals surface area contributed by atoms with Crippen molar-refractivity contribution in [3.05, 3.63) is 35.3 Å². The van der Waals surface area contributed by atoms with Gasteiger partial charge in [-0.25, -0.2) is 15.0 Å². The van der Waals surface area contributed by atoms with Gasteiger partial charge in [-0.1, -0.05) is 34.6 Å². The standard InChI is InChI=1S/C34H51N9O10P2SSi/c1-20(2)30(45)41-33-40-29-26(31(46)42-33)38-19-43(29)32-28(27(23(17-44)51-32)53-57(6,7)34(3,4)5)52-55(56,49-13-8-11-35)50-14-10-21-15-22(16-24(21)54(47)48)39-25-9-12-36-18-37-25/h9,12,18-24,27-28,32,44H,8,10,13-17H2,1-7H3,(H3-,36,37,39,40,41,42,45,46,47,48)/p+1/t21-,22+,23+,24-,27?,28+,32+,55?/m0/s1.